The first-order valence-corrected chi connectivity index (χ1v) is 20.9. The molecule has 3 aliphatic rings. The first-order valence-electron chi connectivity index (χ1n) is 20.9. The van der Waals surface area contributed by atoms with Gasteiger partial charge >= 0.3 is 11.9 Å². The maximum Gasteiger partial charge on any atom is 0.311 e. The molecule has 3 fully saturated rings. The second-order valence-corrected chi connectivity index (χ2v) is 17.9. The summed E-state index contributed by atoms with van der Waals surface area (Å²) in [5.74, 6) is -5.11. The number of carbonyl (C=O) groups is 3. The summed E-state index contributed by atoms with van der Waals surface area (Å²) in [4.78, 5) is 43.2. The second-order valence-electron chi connectivity index (χ2n) is 17.9. The van der Waals surface area contributed by atoms with Crippen molar-refractivity contribution in [3.05, 3.63) is 0 Å². The van der Waals surface area contributed by atoms with Gasteiger partial charge in [-0.25, -0.2) is 0 Å². The molecule has 0 saturated carbocycles. The Bertz CT molecular complexity index is 1330. The summed E-state index contributed by atoms with van der Waals surface area (Å²) in [6, 6.07) is -0.280. The molecule has 3 saturated heterocycles. The Morgan fingerprint density at radius 2 is 1.53 bits per heavy atom. The lowest BCUT2D eigenvalue weighted by atomic mass is 9.73. The van der Waals surface area contributed by atoms with E-state index in [1.165, 1.54) is 21.0 Å². The lowest BCUT2D eigenvalue weighted by Gasteiger charge is -2.50. The van der Waals surface area contributed by atoms with E-state index in [-0.39, 0.29) is 43.8 Å². The predicted octanol–water partition coefficient (Wildman–Crippen LogP) is 3.79. The first-order chi connectivity index (χ1) is 26.4. The number of nitrogens with zero attached hydrogens (tertiary/aromatic N) is 1. The van der Waals surface area contributed by atoms with E-state index in [4.69, 9.17) is 37.9 Å². The zero-order chi connectivity index (χ0) is 43.4. The predicted molar refractivity (Wildman–Crippen MR) is 210 cm³/mol. The van der Waals surface area contributed by atoms with Crippen LogP contribution in [0.15, 0.2) is 0 Å². The van der Waals surface area contributed by atoms with Gasteiger partial charge in [-0.15, -0.1) is 0 Å². The Kier molecular flexibility index (Phi) is 17.6. The Labute approximate surface area is 340 Å². The third kappa shape index (κ3) is 11.3. The van der Waals surface area contributed by atoms with E-state index in [2.05, 4.69) is 0 Å². The van der Waals surface area contributed by atoms with E-state index in [1.54, 1.807) is 41.5 Å². The normalized spacial score (nSPS) is 45.6. The summed E-state index contributed by atoms with van der Waals surface area (Å²) in [6.07, 6.45) is -8.17. The molecule has 3 rings (SSSR count). The van der Waals surface area contributed by atoms with Crippen LogP contribution in [-0.2, 0) is 52.3 Å². The highest BCUT2D eigenvalue weighted by Crippen LogP contribution is 2.42. The smallest absolute Gasteiger partial charge is 0.311 e. The van der Waals surface area contributed by atoms with E-state index in [9.17, 15) is 29.7 Å². The van der Waals surface area contributed by atoms with E-state index >= 15 is 0 Å². The molecule has 3 N–H and O–H groups in total. The van der Waals surface area contributed by atoms with Crippen molar-refractivity contribution < 1.29 is 67.6 Å². The number of aliphatic hydroxyl groups is 3. The molecule has 332 valence electrons. The molecule has 3 heterocycles. The van der Waals surface area contributed by atoms with Crippen LogP contribution < -0.4 is 0 Å². The van der Waals surface area contributed by atoms with Gasteiger partial charge in [0.05, 0.1) is 53.7 Å². The zero-order valence-electron chi connectivity index (χ0n) is 37.2. The van der Waals surface area contributed by atoms with Crippen LogP contribution in [0.4, 0.5) is 0 Å². The fourth-order valence-corrected chi connectivity index (χ4v) is 9.16. The van der Waals surface area contributed by atoms with E-state index in [0.717, 1.165) is 0 Å². The van der Waals surface area contributed by atoms with E-state index in [1.807, 2.05) is 46.7 Å². The average molecular weight is 818 g/mol. The first kappa shape index (κ1) is 49.6. The summed E-state index contributed by atoms with van der Waals surface area (Å²) in [6.45, 7) is 20.7. The lowest BCUT2D eigenvalue weighted by Crippen LogP contribution is -2.62. The number of hydrogen-bond donors (Lipinski definition) is 3. The topological polar surface area (TPSA) is 189 Å². The van der Waals surface area contributed by atoms with Crippen molar-refractivity contribution in [3.8, 4) is 0 Å². The van der Waals surface area contributed by atoms with Crippen LogP contribution in [0.25, 0.3) is 0 Å². The summed E-state index contributed by atoms with van der Waals surface area (Å²) >= 11 is 0. The number of aliphatic hydroxyl groups excluding tert-OH is 2. The van der Waals surface area contributed by atoms with Crippen molar-refractivity contribution in [2.75, 3.05) is 27.8 Å². The van der Waals surface area contributed by atoms with E-state index < -0.39 is 108 Å². The molecule has 0 amide bonds. The number of rotatable bonds is 11. The molecule has 2 unspecified atom stereocenters. The maximum atomic E-state index is 14.4. The number of ether oxygens (including phenoxy) is 8. The van der Waals surface area contributed by atoms with Crippen LogP contribution in [0.5, 0.6) is 0 Å². The summed E-state index contributed by atoms with van der Waals surface area (Å²) in [5.41, 5.74) is -4.32. The van der Waals surface area contributed by atoms with Crippen molar-refractivity contribution in [1.29, 1.82) is 0 Å². The SMILES string of the molecule is CCCO[C@]1(C)C[C@@H](C)C(=O)[C@H](C)[C@@H](O)[C@](C)(O)[C@@H](CC)OC(=O)[C@H](C)[C@@H](OC2C[C@@](C)(OC)[C@@H](O)[C@H](C)O2)[C@H](C)[C@H]1OC1O[C@H](C)C[C@H](N(C)C)[C@H]1OC(C)=O. The molecule has 0 radical (unpaired) electrons. The molecule has 0 aromatic heterocycles. The minimum absolute atomic E-state index is 0.102. The molecule has 0 bridgehead atoms. The number of Topliss-reactive ketones (excluding diaryl/α,β-unsaturated/α-hetero) is 1. The Morgan fingerprint density at radius 1 is 0.895 bits per heavy atom. The fraction of sp³-hybridized carbons (Fsp3) is 0.929. The molecule has 3 aliphatic heterocycles. The highest BCUT2D eigenvalue weighted by atomic mass is 16.7. The average Bonchev–Trinajstić information content (AvgIpc) is 3.14. The highest BCUT2D eigenvalue weighted by Gasteiger charge is 2.54. The van der Waals surface area contributed by atoms with E-state index in [0.29, 0.717) is 12.8 Å². The van der Waals surface area contributed by atoms with Gasteiger partial charge in [0.25, 0.3) is 0 Å². The molecular weight excluding hydrogens is 742 g/mol. The van der Waals surface area contributed by atoms with Gasteiger partial charge in [0.1, 0.15) is 23.6 Å². The molecule has 0 aromatic rings. The van der Waals surface area contributed by atoms with Gasteiger partial charge in [0.15, 0.2) is 18.7 Å². The van der Waals surface area contributed by atoms with Crippen molar-refractivity contribution >= 4 is 17.7 Å². The van der Waals surface area contributed by atoms with Crippen LogP contribution in [0.1, 0.15) is 115 Å². The van der Waals surface area contributed by atoms with Crippen molar-refractivity contribution in [3.63, 3.8) is 0 Å². The van der Waals surface area contributed by atoms with Crippen molar-refractivity contribution in [1.82, 2.24) is 4.90 Å². The number of esters is 2. The number of cyclic esters (lactones) is 1. The van der Waals surface area contributed by atoms with Crippen LogP contribution in [0.2, 0.25) is 0 Å². The van der Waals surface area contributed by atoms with Gasteiger partial charge in [-0.3, -0.25) is 14.4 Å². The van der Waals surface area contributed by atoms with Gasteiger partial charge in [-0.2, -0.15) is 0 Å². The number of methoxy groups -OCH3 is 1. The van der Waals surface area contributed by atoms with Crippen LogP contribution in [-0.4, -0.2) is 150 Å². The monoisotopic (exact) mass is 818 g/mol. The molecule has 0 aromatic carbocycles. The molecule has 57 heavy (non-hydrogen) atoms. The summed E-state index contributed by atoms with van der Waals surface area (Å²) < 4.78 is 51.1. The Hall–Kier alpha value is -1.79. The minimum Gasteiger partial charge on any atom is -0.459 e. The number of ketones is 1. The molecule has 18 atom stereocenters. The molecule has 15 heteroatoms. The van der Waals surface area contributed by atoms with Gasteiger partial charge in [-0.05, 0) is 81.3 Å². The van der Waals surface area contributed by atoms with Gasteiger partial charge < -0.3 is 58.1 Å². The van der Waals surface area contributed by atoms with Gasteiger partial charge in [0.2, 0.25) is 0 Å². The van der Waals surface area contributed by atoms with Crippen LogP contribution >= 0.6 is 0 Å². The Balaban J connectivity index is 2.32. The standard InChI is InChI=1S/C42H75NO14/c1-16-18-51-41(11)20-22(3)32(45)24(5)35(46)42(12,49)30(17-2)55-38(48)26(7)33(56-31-21-40(10,50-15)36(47)27(8)53-31)25(6)37(41)57-39-34(54-28(9)44)29(43(13)14)19-23(4)52-39/h22-27,29-31,33-37,39,46-47,49H,16-21H2,1-15H3/t22-,23-,24+,25+,26-,27+,29+,30-,31?,33+,34-,35-,36+,37-,39?,40-,41-,42-/m1/s1. The third-order valence-electron chi connectivity index (χ3n) is 12.7. The molecule has 0 aliphatic carbocycles. The number of likely N-dealkylation sites (N-methyl/N-ethyl adjacent to an activating group) is 1. The van der Waals surface area contributed by atoms with Crippen molar-refractivity contribution in [2.45, 2.75) is 199 Å². The quantitative estimate of drug-likeness (QED) is 0.255. The molecule has 15 nitrogen and oxygen atoms in total. The lowest BCUT2D eigenvalue weighted by molar-refractivity contribution is -0.321. The number of hydrogen-bond acceptors (Lipinski definition) is 15. The van der Waals surface area contributed by atoms with Gasteiger partial charge in [0, 0.05) is 44.8 Å². The fourth-order valence-electron chi connectivity index (χ4n) is 9.16. The highest BCUT2D eigenvalue weighted by molar-refractivity contribution is 5.83. The maximum absolute atomic E-state index is 14.4. The molecule has 0 spiro atoms. The number of carbonyl (C=O) groups excluding carboxylic acids is 3. The molecular formula is C42H75NO14. The van der Waals surface area contributed by atoms with Crippen molar-refractivity contribution in [2.24, 2.45) is 23.7 Å². The minimum atomic E-state index is -1.99. The van der Waals surface area contributed by atoms with Crippen LogP contribution in [0, 0.1) is 23.7 Å². The zero-order valence-corrected chi connectivity index (χ0v) is 37.2. The third-order valence-corrected chi connectivity index (χ3v) is 12.7. The van der Waals surface area contributed by atoms with Gasteiger partial charge in [-0.1, -0.05) is 34.6 Å². The largest absolute Gasteiger partial charge is 0.459 e. The van der Waals surface area contributed by atoms with Crippen LogP contribution in [0.3, 0.4) is 0 Å². The summed E-state index contributed by atoms with van der Waals surface area (Å²) in [5, 5.41) is 34.3. The summed E-state index contributed by atoms with van der Waals surface area (Å²) in [7, 11) is 5.29. The second kappa shape index (κ2) is 20.2. The Morgan fingerprint density at radius 3 is 2.07 bits per heavy atom.